The van der Waals surface area contributed by atoms with Gasteiger partial charge in [-0.2, -0.15) is 0 Å². The van der Waals surface area contributed by atoms with E-state index in [-0.39, 0.29) is 6.03 Å². The molecule has 23 heavy (non-hydrogen) atoms. The molecule has 3 rings (SSSR count). The average molecular weight is 330 g/mol. The third-order valence-corrected chi connectivity index (χ3v) is 5.00. The molecule has 1 aromatic heterocycles. The molecule has 0 spiro atoms. The molecule has 1 aliphatic rings. The molecule has 2 heterocycles. The van der Waals surface area contributed by atoms with E-state index in [1.807, 2.05) is 36.5 Å². The van der Waals surface area contributed by atoms with Gasteiger partial charge in [0.1, 0.15) is 0 Å². The first-order valence-corrected chi connectivity index (χ1v) is 8.84. The number of amides is 2. The number of nitrogens with zero attached hydrogens (tertiary/aromatic N) is 2. The van der Waals surface area contributed by atoms with Crippen molar-refractivity contribution in [2.75, 3.05) is 17.2 Å². The van der Waals surface area contributed by atoms with Gasteiger partial charge in [0.15, 0.2) is 5.13 Å². The van der Waals surface area contributed by atoms with E-state index in [0.717, 1.165) is 18.8 Å². The molecule has 1 fully saturated rings. The molecule has 1 aliphatic heterocycles. The van der Waals surface area contributed by atoms with E-state index < -0.39 is 0 Å². The average Bonchev–Trinajstić information content (AvgIpc) is 2.97. The fourth-order valence-corrected chi connectivity index (χ4v) is 3.65. The summed E-state index contributed by atoms with van der Waals surface area (Å²) in [5.74, 6) is 0. The first kappa shape index (κ1) is 16.0. The normalized spacial score (nSPS) is 18.6. The number of piperidine rings is 1. The van der Waals surface area contributed by atoms with Crippen LogP contribution in [0.25, 0.3) is 0 Å². The van der Waals surface area contributed by atoms with E-state index in [0.29, 0.717) is 11.2 Å². The summed E-state index contributed by atoms with van der Waals surface area (Å²) < 4.78 is 0. The lowest BCUT2D eigenvalue weighted by atomic mass is 10.0. The van der Waals surface area contributed by atoms with Crippen molar-refractivity contribution < 1.29 is 4.79 Å². The van der Waals surface area contributed by atoms with Crippen molar-refractivity contribution in [1.29, 1.82) is 0 Å². The van der Waals surface area contributed by atoms with Crippen LogP contribution >= 0.6 is 11.3 Å². The molecule has 1 unspecified atom stereocenters. The molecule has 2 amide bonds. The SMILES string of the molecule is CC1CCCCN1Cc1cnc(NC(=O)Nc2ccccc2)s1. The van der Waals surface area contributed by atoms with Gasteiger partial charge < -0.3 is 5.32 Å². The summed E-state index contributed by atoms with van der Waals surface area (Å²) in [7, 11) is 0. The molecule has 0 aliphatic carbocycles. The number of aromatic nitrogens is 1. The Bertz CT molecular complexity index is 643. The molecule has 1 saturated heterocycles. The summed E-state index contributed by atoms with van der Waals surface area (Å²) in [5, 5.41) is 6.23. The van der Waals surface area contributed by atoms with Crippen molar-refractivity contribution in [2.45, 2.75) is 38.8 Å². The second kappa shape index (κ2) is 7.57. The topological polar surface area (TPSA) is 57.3 Å². The summed E-state index contributed by atoms with van der Waals surface area (Å²) in [4.78, 5) is 20.0. The minimum absolute atomic E-state index is 0.261. The van der Waals surface area contributed by atoms with Gasteiger partial charge in [-0.3, -0.25) is 10.2 Å². The number of likely N-dealkylation sites (tertiary alicyclic amines) is 1. The second-order valence-electron chi connectivity index (χ2n) is 5.89. The van der Waals surface area contributed by atoms with Crippen molar-refractivity contribution in [2.24, 2.45) is 0 Å². The van der Waals surface area contributed by atoms with E-state index in [2.05, 4.69) is 27.4 Å². The highest BCUT2D eigenvalue weighted by Gasteiger charge is 2.19. The maximum Gasteiger partial charge on any atom is 0.325 e. The van der Waals surface area contributed by atoms with Crippen LogP contribution in [0.4, 0.5) is 15.6 Å². The Morgan fingerprint density at radius 2 is 2.13 bits per heavy atom. The van der Waals surface area contributed by atoms with Gasteiger partial charge in [0, 0.05) is 29.3 Å². The number of hydrogen-bond acceptors (Lipinski definition) is 4. The third-order valence-electron chi connectivity index (χ3n) is 4.11. The van der Waals surface area contributed by atoms with E-state index in [9.17, 15) is 4.79 Å². The van der Waals surface area contributed by atoms with Crippen molar-refractivity contribution in [3.63, 3.8) is 0 Å². The van der Waals surface area contributed by atoms with Gasteiger partial charge in [-0.1, -0.05) is 24.6 Å². The number of hydrogen-bond donors (Lipinski definition) is 2. The summed E-state index contributed by atoms with van der Waals surface area (Å²) >= 11 is 1.54. The number of benzene rings is 1. The molecule has 6 heteroatoms. The van der Waals surface area contributed by atoms with Gasteiger partial charge in [-0.25, -0.2) is 9.78 Å². The van der Waals surface area contributed by atoms with Crippen LogP contribution in [-0.4, -0.2) is 28.5 Å². The van der Waals surface area contributed by atoms with Crippen LogP contribution in [0.1, 0.15) is 31.1 Å². The number of carbonyl (C=O) groups excluding carboxylic acids is 1. The number of rotatable bonds is 4. The summed E-state index contributed by atoms with van der Waals surface area (Å²) in [5.41, 5.74) is 0.768. The summed E-state index contributed by atoms with van der Waals surface area (Å²) in [6.45, 7) is 4.35. The molecule has 5 nitrogen and oxygen atoms in total. The Morgan fingerprint density at radius 1 is 1.30 bits per heavy atom. The fraction of sp³-hybridized carbons (Fsp3) is 0.412. The first-order valence-electron chi connectivity index (χ1n) is 8.02. The number of urea groups is 1. The maximum absolute atomic E-state index is 12.0. The predicted octanol–water partition coefficient (Wildman–Crippen LogP) is 4.16. The van der Waals surface area contributed by atoms with E-state index in [1.54, 1.807) is 11.3 Å². The lowest BCUT2D eigenvalue weighted by Gasteiger charge is -2.32. The van der Waals surface area contributed by atoms with Gasteiger partial charge >= 0.3 is 6.03 Å². The van der Waals surface area contributed by atoms with Crippen LogP contribution in [0, 0.1) is 0 Å². The molecular formula is C17H22N4OS. The van der Waals surface area contributed by atoms with Crippen molar-refractivity contribution >= 4 is 28.2 Å². The first-order chi connectivity index (χ1) is 11.2. The fourth-order valence-electron chi connectivity index (χ4n) is 2.81. The number of nitrogens with one attached hydrogen (secondary N) is 2. The molecule has 2 aromatic rings. The van der Waals surface area contributed by atoms with Crippen LogP contribution in [0.2, 0.25) is 0 Å². The van der Waals surface area contributed by atoms with E-state index in [1.165, 1.54) is 24.1 Å². The van der Waals surface area contributed by atoms with Crippen molar-refractivity contribution in [3.05, 3.63) is 41.4 Å². The zero-order chi connectivity index (χ0) is 16.1. The Morgan fingerprint density at radius 3 is 2.91 bits per heavy atom. The van der Waals surface area contributed by atoms with Gasteiger partial charge in [0.25, 0.3) is 0 Å². The van der Waals surface area contributed by atoms with Gasteiger partial charge in [-0.15, -0.1) is 11.3 Å². The van der Waals surface area contributed by atoms with Crippen LogP contribution in [-0.2, 0) is 6.54 Å². The second-order valence-corrected chi connectivity index (χ2v) is 7.01. The number of thiazole rings is 1. The number of para-hydroxylation sites is 1. The predicted molar refractivity (Wildman–Crippen MR) is 94.9 cm³/mol. The molecule has 0 saturated carbocycles. The zero-order valence-electron chi connectivity index (χ0n) is 13.3. The highest BCUT2D eigenvalue weighted by Crippen LogP contribution is 2.24. The van der Waals surface area contributed by atoms with Gasteiger partial charge in [0.2, 0.25) is 0 Å². The third kappa shape index (κ3) is 4.53. The van der Waals surface area contributed by atoms with Crippen molar-refractivity contribution in [3.8, 4) is 0 Å². The number of anilines is 2. The minimum atomic E-state index is -0.261. The smallest absolute Gasteiger partial charge is 0.308 e. The monoisotopic (exact) mass is 330 g/mol. The lowest BCUT2D eigenvalue weighted by molar-refractivity contribution is 0.154. The highest BCUT2D eigenvalue weighted by molar-refractivity contribution is 7.15. The standard InChI is InChI=1S/C17H22N4OS/c1-13-7-5-6-10-21(13)12-15-11-18-17(23-15)20-16(22)19-14-8-3-2-4-9-14/h2-4,8-9,11,13H,5-7,10,12H2,1H3,(H2,18,19,20,22). The molecule has 1 atom stereocenters. The van der Waals surface area contributed by atoms with Crippen LogP contribution in [0.5, 0.6) is 0 Å². The largest absolute Gasteiger partial charge is 0.325 e. The Kier molecular flexibility index (Phi) is 5.25. The number of carbonyl (C=O) groups is 1. The molecule has 0 bridgehead atoms. The molecular weight excluding hydrogens is 308 g/mol. The summed E-state index contributed by atoms with van der Waals surface area (Å²) in [6, 6.07) is 9.76. The van der Waals surface area contributed by atoms with Crippen LogP contribution in [0.15, 0.2) is 36.5 Å². The maximum atomic E-state index is 12.0. The van der Waals surface area contributed by atoms with Gasteiger partial charge in [0.05, 0.1) is 0 Å². The molecule has 122 valence electrons. The summed E-state index contributed by atoms with van der Waals surface area (Å²) in [6.07, 6.45) is 5.73. The van der Waals surface area contributed by atoms with E-state index >= 15 is 0 Å². The zero-order valence-corrected chi connectivity index (χ0v) is 14.1. The van der Waals surface area contributed by atoms with Crippen LogP contribution in [0.3, 0.4) is 0 Å². The van der Waals surface area contributed by atoms with E-state index in [4.69, 9.17) is 0 Å². The van der Waals surface area contributed by atoms with Gasteiger partial charge in [-0.05, 0) is 38.4 Å². The molecule has 0 radical (unpaired) electrons. The Labute approximate surface area is 140 Å². The Balaban J connectivity index is 1.53. The quantitative estimate of drug-likeness (QED) is 0.885. The lowest BCUT2D eigenvalue weighted by Crippen LogP contribution is -2.36. The minimum Gasteiger partial charge on any atom is -0.308 e. The molecule has 2 N–H and O–H groups in total. The Hall–Kier alpha value is -1.92. The highest BCUT2D eigenvalue weighted by atomic mass is 32.1. The van der Waals surface area contributed by atoms with Crippen molar-refractivity contribution in [1.82, 2.24) is 9.88 Å². The molecule has 1 aromatic carbocycles. The van der Waals surface area contributed by atoms with Crippen LogP contribution < -0.4 is 10.6 Å².